The third-order valence-corrected chi connectivity index (χ3v) is 6.75. The van der Waals surface area contributed by atoms with Gasteiger partial charge in [-0.1, -0.05) is 23.9 Å². The Kier molecular flexibility index (Phi) is 7.14. The lowest BCUT2D eigenvalue weighted by atomic mass is 9.90. The summed E-state index contributed by atoms with van der Waals surface area (Å²) in [7, 11) is 0. The summed E-state index contributed by atoms with van der Waals surface area (Å²) in [4.78, 5) is 19.4. The van der Waals surface area contributed by atoms with E-state index < -0.39 is 0 Å². The first-order chi connectivity index (χ1) is 15.8. The van der Waals surface area contributed by atoms with E-state index in [1.165, 1.54) is 0 Å². The van der Waals surface area contributed by atoms with Gasteiger partial charge in [0.25, 0.3) is 5.91 Å². The van der Waals surface area contributed by atoms with E-state index in [4.69, 9.17) is 15.2 Å². The SMILES string of the molecule is CC1CN(c2ccc(NC(=O)COc3cccc(C4(C)CCSC(N)=N4)c3)cc2)CC(C)O1. The highest BCUT2D eigenvalue weighted by molar-refractivity contribution is 8.13. The van der Waals surface area contributed by atoms with E-state index >= 15 is 0 Å². The maximum atomic E-state index is 12.4. The molecule has 3 unspecified atom stereocenters. The van der Waals surface area contributed by atoms with Gasteiger partial charge in [-0.05, 0) is 69.2 Å². The predicted molar refractivity (Wildman–Crippen MR) is 135 cm³/mol. The van der Waals surface area contributed by atoms with Crippen molar-refractivity contribution in [3.8, 4) is 5.75 Å². The van der Waals surface area contributed by atoms with Crippen LogP contribution < -0.4 is 20.7 Å². The summed E-state index contributed by atoms with van der Waals surface area (Å²) in [6.45, 7) is 7.90. The number of carbonyl (C=O) groups excluding carboxylic acids is 1. The molecule has 7 nitrogen and oxygen atoms in total. The maximum Gasteiger partial charge on any atom is 0.262 e. The molecule has 3 atom stereocenters. The van der Waals surface area contributed by atoms with Crippen LogP contribution in [0, 0.1) is 0 Å². The van der Waals surface area contributed by atoms with Gasteiger partial charge in [-0.25, -0.2) is 0 Å². The van der Waals surface area contributed by atoms with Gasteiger partial charge in [-0.3, -0.25) is 9.79 Å². The van der Waals surface area contributed by atoms with Crippen molar-refractivity contribution in [2.45, 2.75) is 44.9 Å². The summed E-state index contributed by atoms with van der Waals surface area (Å²) in [5, 5.41) is 3.51. The summed E-state index contributed by atoms with van der Waals surface area (Å²) >= 11 is 1.58. The molecule has 1 amide bonds. The van der Waals surface area contributed by atoms with Gasteiger partial charge in [0.05, 0.1) is 17.7 Å². The predicted octanol–water partition coefficient (Wildman–Crippen LogP) is 3.98. The molecule has 0 radical (unpaired) electrons. The van der Waals surface area contributed by atoms with E-state index in [2.05, 4.69) is 36.0 Å². The number of amides is 1. The molecule has 3 N–H and O–H groups in total. The molecule has 2 aliphatic rings. The number of carbonyl (C=O) groups is 1. The summed E-state index contributed by atoms with van der Waals surface area (Å²) in [6.07, 6.45) is 1.31. The number of morpholine rings is 1. The number of nitrogens with zero attached hydrogens (tertiary/aromatic N) is 2. The van der Waals surface area contributed by atoms with Crippen molar-refractivity contribution >= 4 is 34.2 Å². The first-order valence-electron chi connectivity index (χ1n) is 11.3. The number of anilines is 2. The summed E-state index contributed by atoms with van der Waals surface area (Å²) in [5.74, 6) is 1.37. The number of hydrogen-bond donors (Lipinski definition) is 2. The van der Waals surface area contributed by atoms with Crippen molar-refractivity contribution in [3.63, 3.8) is 0 Å². The Morgan fingerprint density at radius 2 is 1.97 bits per heavy atom. The third-order valence-electron chi connectivity index (χ3n) is 5.96. The topological polar surface area (TPSA) is 89.2 Å². The average molecular weight is 469 g/mol. The summed E-state index contributed by atoms with van der Waals surface area (Å²) < 4.78 is 11.6. The highest BCUT2D eigenvalue weighted by atomic mass is 32.2. The van der Waals surface area contributed by atoms with Gasteiger partial charge >= 0.3 is 0 Å². The molecular weight excluding hydrogens is 436 g/mol. The molecule has 2 heterocycles. The number of thioether (sulfide) groups is 1. The Labute approximate surface area is 199 Å². The van der Waals surface area contributed by atoms with E-state index in [1.54, 1.807) is 11.8 Å². The van der Waals surface area contributed by atoms with Crippen LogP contribution in [0.4, 0.5) is 11.4 Å². The van der Waals surface area contributed by atoms with Gasteiger partial charge in [0, 0.05) is 30.2 Å². The fraction of sp³-hybridized carbons (Fsp3) is 0.440. The number of hydrogen-bond acceptors (Lipinski definition) is 7. The van der Waals surface area contributed by atoms with Gasteiger partial charge in [-0.15, -0.1) is 0 Å². The molecule has 4 rings (SSSR count). The molecule has 33 heavy (non-hydrogen) atoms. The number of ether oxygens (including phenoxy) is 2. The molecule has 1 fully saturated rings. The zero-order chi connectivity index (χ0) is 23.4. The minimum atomic E-state index is -0.366. The number of aliphatic imine (C=N–C) groups is 1. The maximum absolute atomic E-state index is 12.4. The zero-order valence-electron chi connectivity index (χ0n) is 19.4. The molecule has 0 bridgehead atoms. The molecule has 0 spiro atoms. The first-order valence-corrected chi connectivity index (χ1v) is 12.3. The number of benzene rings is 2. The number of amidine groups is 1. The third kappa shape index (κ3) is 6.00. The minimum Gasteiger partial charge on any atom is -0.484 e. The van der Waals surface area contributed by atoms with Crippen LogP contribution in [-0.2, 0) is 15.1 Å². The van der Waals surface area contributed by atoms with E-state index in [0.717, 1.165) is 42.2 Å². The number of rotatable bonds is 6. The van der Waals surface area contributed by atoms with Crippen LogP contribution in [0.15, 0.2) is 53.5 Å². The number of nitrogens with one attached hydrogen (secondary N) is 1. The Morgan fingerprint density at radius 1 is 1.24 bits per heavy atom. The molecule has 8 heteroatoms. The molecule has 176 valence electrons. The van der Waals surface area contributed by atoms with E-state index in [9.17, 15) is 4.79 Å². The van der Waals surface area contributed by atoms with Gasteiger partial charge in [-0.2, -0.15) is 0 Å². The van der Waals surface area contributed by atoms with Crippen LogP contribution >= 0.6 is 11.8 Å². The largest absolute Gasteiger partial charge is 0.484 e. The summed E-state index contributed by atoms with van der Waals surface area (Å²) in [6, 6.07) is 15.6. The van der Waals surface area contributed by atoms with Crippen LogP contribution in [-0.4, -0.2) is 48.7 Å². The van der Waals surface area contributed by atoms with Crippen molar-refractivity contribution in [1.29, 1.82) is 0 Å². The number of nitrogens with two attached hydrogens (primary N) is 1. The second kappa shape index (κ2) is 10.1. The molecule has 1 saturated heterocycles. The van der Waals surface area contributed by atoms with Gasteiger partial charge < -0.3 is 25.4 Å². The fourth-order valence-electron chi connectivity index (χ4n) is 4.31. The normalized spacial score (nSPS) is 25.3. The van der Waals surface area contributed by atoms with Crippen LogP contribution in [0.3, 0.4) is 0 Å². The minimum absolute atomic E-state index is 0.0678. The van der Waals surface area contributed by atoms with Crippen LogP contribution in [0.2, 0.25) is 0 Å². The second-order valence-electron chi connectivity index (χ2n) is 8.90. The molecule has 2 aromatic rings. The molecule has 0 saturated carbocycles. The monoisotopic (exact) mass is 468 g/mol. The van der Waals surface area contributed by atoms with Gasteiger partial charge in [0.1, 0.15) is 5.75 Å². The molecular formula is C25H32N4O3S. The van der Waals surface area contributed by atoms with Crippen molar-refractivity contribution < 1.29 is 14.3 Å². The van der Waals surface area contributed by atoms with Crippen molar-refractivity contribution in [2.24, 2.45) is 10.7 Å². The Balaban J connectivity index is 1.32. The van der Waals surface area contributed by atoms with E-state index in [1.807, 2.05) is 48.5 Å². The van der Waals surface area contributed by atoms with Gasteiger partial charge in [0.15, 0.2) is 11.8 Å². The second-order valence-corrected chi connectivity index (χ2v) is 10.0. The lowest BCUT2D eigenvalue weighted by Crippen LogP contribution is -2.45. The molecule has 2 aliphatic heterocycles. The Bertz CT molecular complexity index is 1000. The first kappa shape index (κ1) is 23.4. The van der Waals surface area contributed by atoms with Crippen LogP contribution in [0.5, 0.6) is 5.75 Å². The van der Waals surface area contributed by atoms with Crippen LogP contribution in [0.25, 0.3) is 0 Å². The molecule has 2 aromatic carbocycles. The van der Waals surface area contributed by atoms with Crippen molar-refractivity contribution in [3.05, 3.63) is 54.1 Å². The molecule has 0 aromatic heterocycles. The van der Waals surface area contributed by atoms with Crippen LogP contribution in [0.1, 0.15) is 32.8 Å². The Hall–Kier alpha value is -2.71. The standard InChI is InChI=1S/C25H32N4O3S/c1-17-14-29(15-18(2)32-17)21-9-7-20(8-10-21)27-23(30)16-31-22-6-4-5-19(13-22)25(3)11-12-33-24(26)28-25/h4-10,13,17-18H,11-12,14-16H2,1-3H3,(H2,26,28)(H,27,30). The summed E-state index contributed by atoms with van der Waals surface area (Å²) in [5.41, 5.74) is 8.48. The van der Waals surface area contributed by atoms with Crippen molar-refractivity contribution in [2.75, 3.05) is 35.7 Å². The lowest BCUT2D eigenvalue weighted by molar-refractivity contribution is -0.118. The molecule has 0 aliphatic carbocycles. The fourth-order valence-corrected chi connectivity index (χ4v) is 5.28. The van der Waals surface area contributed by atoms with Gasteiger partial charge in [0.2, 0.25) is 0 Å². The zero-order valence-corrected chi connectivity index (χ0v) is 20.2. The quantitative estimate of drug-likeness (QED) is 0.667. The van der Waals surface area contributed by atoms with E-state index in [-0.39, 0.29) is 30.3 Å². The lowest BCUT2D eigenvalue weighted by Gasteiger charge is -2.36. The smallest absolute Gasteiger partial charge is 0.262 e. The average Bonchev–Trinajstić information content (AvgIpc) is 2.78. The van der Waals surface area contributed by atoms with Crippen molar-refractivity contribution in [1.82, 2.24) is 0 Å². The highest BCUT2D eigenvalue weighted by Gasteiger charge is 2.29. The highest BCUT2D eigenvalue weighted by Crippen LogP contribution is 2.36. The van der Waals surface area contributed by atoms with E-state index in [0.29, 0.717) is 10.9 Å². The Morgan fingerprint density at radius 3 is 2.67 bits per heavy atom.